The molecule has 0 aliphatic heterocycles. The summed E-state index contributed by atoms with van der Waals surface area (Å²) in [5.41, 5.74) is 0.480. The third-order valence-electron chi connectivity index (χ3n) is 3.80. The molecule has 0 radical (unpaired) electrons. The Labute approximate surface area is 160 Å². The molecule has 1 aliphatic rings. The van der Waals surface area contributed by atoms with E-state index in [0.717, 1.165) is 19.1 Å². The van der Waals surface area contributed by atoms with Gasteiger partial charge in [-0.2, -0.15) is 0 Å². The number of rotatable bonds is 7. The summed E-state index contributed by atoms with van der Waals surface area (Å²) in [5, 5.41) is 12.3. The second-order valence-electron chi connectivity index (χ2n) is 5.82. The number of nitrogens with zero attached hydrogens (tertiary/aromatic N) is 4. The van der Waals surface area contributed by atoms with Crippen molar-refractivity contribution < 1.29 is 17.9 Å². The van der Waals surface area contributed by atoms with Gasteiger partial charge in [-0.25, -0.2) is 17.9 Å². The Hall–Kier alpha value is -1.65. The molecular weight excluding hydrogens is 400 g/mol. The van der Waals surface area contributed by atoms with Crippen molar-refractivity contribution in [3.05, 3.63) is 28.3 Å². The lowest BCUT2D eigenvalue weighted by molar-refractivity contribution is 0.0526. The second-order valence-corrected chi connectivity index (χ2v) is 9.13. The van der Waals surface area contributed by atoms with E-state index in [9.17, 15) is 13.2 Å². The van der Waals surface area contributed by atoms with Crippen LogP contribution in [0.25, 0.3) is 0 Å². The second kappa shape index (κ2) is 7.53. The number of ether oxygens (including phenoxy) is 1. The Morgan fingerprint density at radius 3 is 2.77 bits per heavy atom. The lowest BCUT2D eigenvalue weighted by Gasteiger charge is -2.13. The van der Waals surface area contributed by atoms with E-state index < -0.39 is 15.8 Å². The summed E-state index contributed by atoms with van der Waals surface area (Å²) < 4.78 is 31.0. The predicted octanol–water partition coefficient (Wildman–Crippen LogP) is 2.53. The fourth-order valence-corrected chi connectivity index (χ4v) is 4.88. The van der Waals surface area contributed by atoms with Gasteiger partial charge in [0.2, 0.25) is 5.16 Å². The van der Waals surface area contributed by atoms with Crippen LogP contribution in [0.2, 0.25) is 5.02 Å². The largest absolute Gasteiger partial charge is 0.462 e. The predicted molar refractivity (Wildman–Crippen MR) is 96.2 cm³/mol. The Morgan fingerprint density at radius 2 is 2.15 bits per heavy atom. The number of carbonyl (C=O) groups is 1. The van der Waals surface area contributed by atoms with Crippen LogP contribution in [-0.4, -0.2) is 47.5 Å². The molecule has 3 rings (SSSR count). The third kappa shape index (κ3) is 4.02. The van der Waals surface area contributed by atoms with E-state index in [-0.39, 0.29) is 27.8 Å². The van der Waals surface area contributed by atoms with Crippen LogP contribution >= 0.6 is 23.4 Å². The summed E-state index contributed by atoms with van der Waals surface area (Å²) in [6, 6.07) is 3.05. The number of hydrogen-bond acceptors (Lipinski definition) is 8. The van der Waals surface area contributed by atoms with Crippen LogP contribution in [0.5, 0.6) is 0 Å². The van der Waals surface area contributed by atoms with Crippen molar-refractivity contribution in [1.82, 2.24) is 20.2 Å². The minimum atomic E-state index is -3.52. The molecule has 26 heavy (non-hydrogen) atoms. The van der Waals surface area contributed by atoms with Gasteiger partial charge in [0, 0.05) is 17.6 Å². The molecule has 1 heterocycles. The van der Waals surface area contributed by atoms with Crippen LogP contribution in [0.1, 0.15) is 41.7 Å². The molecule has 0 N–H and O–H groups in total. The molecule has 1 aromatic heterocycles. The smallest absolute Gasteiger partial charge is 0.339 e. The average molecular weight is 417 g/mol. The summed E-state index contributed by atoms with van der Waals surface area (Å²) in [7, 11) is -3.52. The molecule has 0 bridgehead atoms. The maximum absolute atomic E-state index is 12.1. The molecule has 0 saturated heterocycles. The molecular formula is C15H17ClN4O4S2. The molecule has 0 spiro atoms. The lowest BCUT2D eigenvalue weighted by atomic mass is 10.1. The van der Waals surface area contributed by atoms with Gasteiger partial charge in [-0.3, -0.25) is 0 Å². The van der Waals surface area contributed by atoms with E-state index in [0.29, 0.717) is 16.8 Å². The van der Waals surface area contributed by atoms with Gasteiger partial charge >= 0.3 is 5.97 Å². The summed E-state index contributed by atoms with van der Waals surface area (Å²) in [4.78, 5) is 12.1. The molecule has 1 aromatic carbocycles. The minimum Gasteiger partial charge on any atom is -0.462 e. The quantitative estimate of drug-likeness (QED) is 0.501. The van der Waals surface area contributed by atoms with E-state index in [1.54, 1.807) is 11.6 Å². The van der Waals surface area contributed by atoms with E-state index >= 15 is 0 Å². The monoisotopic (exact) mass is 416 g/mol. The molecule has 140 valence electrons. The number of halogens is 1. The summed E-state index contributed by atoms with van der Waals surface area (Å²) in [6.07, 6.45) is 3.14. The SMILES string of the molecule is CCOC(=O)c1ccc(S(C)(=O)=O)c(CSc2nnnn2C2CC2)c1Cl. The van der Waals surface area contributed by atoms with Gasteiger partial charge in [0.05, 0.1) is 28.1 Å². The number of hydrogen-bond donors (Lipinski definition) is 0. The van der Waals surface area contributed by atoms with Crippen molar-refractivity contribution in [1.29, 1.82) is 0 Å². The lowest BCUT2D eigenvalue weighted by Crippen LogP contribution is -2.10. The number of aromatic nitrogens is 4. The maximum Gasteiger partial charge on any atom is 0.339 e. The van der Waals surface area contributed by atoms with Gasteiger partial charge in [-0.15, -0.1) is 5.10 Å². The fourth-order valence-electron chi connectivity index (χ4n) is 2.42. The van der Waals surface area contributed by atoms with Gasteiger partial charge in [-0.05, 0) is 42.3 Å². The van der Waals surface area contributed by atoms with Gasteiger partial charge in [-0.1, -0.05) is 23.4 Å². The standard InChI is InChI=1S/C15H17ClN4O4S2/c1-3-24-14(21)10-6-7-12(26(2,22)23)11(13(10)16)8-25-15-17-18-19-20(15)9-4-5-9/h6-7,9H,3-5,8H2,1-2H3. The van der Waals surface area contributed by atoms with Crippen molar-refractivity contribution >= 4 is 39.2 Å². The molecule has 0 amide bonds. The first-order chi connectivity index (χ1) is 12.3. The van der Waals surface area contributed by atoms with Gasteiger partial charge in [0.15, 0.2) is 9.84 Å². The van der Waals surface area contributed by atoms with Crippen LogP contribution in [0.4, 0.5) is 0 Å². The number of sulfone groups is 1. The van der Waals surface area contributed by atoms with Crippen LogP contribution in [-0.2, 0) is 20.3 Å². The third-order valence-corrected chi connectivity index (χ3v) is 6.37. The molecule has 1 fully saturated rings. The Balaban J connectivity index is 1.95. The summed E-state index contributed by atoms with van der Waals surface area (Å²) in [5.74, 6) is -0.381. The first-order valence-electron chi connectivity index (χ1n) is 7.92. The Kier molecular flexibility index (Phi) is 5.54. The average Bonchev–Trinajstić information content (AvgIpc) is 3.31. The maximum atomic E-state index is 12.1. The number of benzene rings is 1. The zero-order chi connectivity index (χ0) is 18.9. The Morgan fingerprint density at radius 1 is 1.42 bits per heavy atom. The first-order valence-corrected chi connectivity index (χ1v) is 11.2. The van der Waals surface area contributed by atoms with E-state index in [1.807, 2.05) is 0 Å². The van der Waals surface area contributed by atoms with Crippen LogP contribution in [0, 0.1) is 0 Å². The van der Waals surface area contributed by atoms with Gasteiger partial charge < -0.3 is 4.74 Å². The fraction of sp³-hybridized carbons (Fsp3) is 0.467. The number of esters is 1. The summed E-state index contributed by atoms with van der Waals surface area (Å²) in [6.45, 7) is 1.88. The molecule has 0 unspecified atom stereocenters. The number of carbonyl (C=O) groups excluding carboxylic acids is 1. The molecule has 1 saturated carbocycles. The zero-order valence-corrected chi connectivity index (χ0v) is 16.6. The summed E-state index contributed by atoms with van der Waals surface area (Å²) >= 11 is 7.65. The van der Waals surface area contributed by atoms with E-state index in [2.05, 4.69) is 15.5 Å². The van der Waals surface area contributed by atoms with Gasteiger partial charge in [0.1, 0.15) is 0 Å². The molecule has 8 nitrogen and oxygen atoms in total. The van der Waals surface area contributed by atoms with Crippen molar-refractivity contribution in [2.75, 3.05) is 12.9 Å². The number of tetrazole rings is 1. The van der Waals surface area contributed by atoms with Crippen molar-refractivity contribution in [2.24, 2.45) is 0 Å². The van der Waals surface area contributed by atoms with Crippen molar-refractivity contribution in [2.45, 2.75) is 41.6 Å². The highest BCUT2D eigenvalue weighted by Crippen LogP contribution is 2.38. The molecule has 1 aliphatic carbocycles. The molecule has 11 heteroatoms. The highest BCUT2D eigenvalue weighted by atomic mass is 35.5. The first kappa shape index (κ1) is 19.1. The van der Waals surface area contributed by atoms with Crippen molar-refractivity contribution in [3.8, 4) is 0 Å². The zero-order valence-electron chi connectivity index (χ0n) is 14.2. The van der Waals surface area contributed by atoms with Crippen LogP contribution in [0.15, 0.2) is 22.2 Å². The minimum absolute atomic E-state index is 0.0734. The topological polar surface area (TPSA) is 104 Å². The van der Waals surface area contributed by atoms with Crippen molar-refractivity contribution in [3.63, 3.8) is 0 Å². The van der Waals surface area contributed by atoms with Crippen LogP contribution < -0.4 is 0 Å². The van der Waals surface area contributed by atoms with E-state index in [1.165, 1.54) is 23.9 Å². The highest BCUT2D eigenvalue weighted by Gasteiger charge is 2.29. The van der Waals surface area contributed by atoms with E-state index in [4.69, 9.17) is 16.3 Å². The normalized spacial score (nSPS) is 14.4. The van der Waals surface area contributed by atoms with Crippen LogP contribution in [0.3, 0.4) is 0 Å². The van der Waals surface area contributed by atoms with Gasteiger partial charge in [0.25, 0.3) is 0 Å². The molecule has 0 atom stereocenters. The Bertz CT molecular complexity index is 941. The number of thioether (sulfide) groups is 1. The highest BCUT2D eigenvalue weighted by molar-refractivity contribution is 7.98. The molecule has 2 aromatic rings.